The third kappa shape index (κ3) is 3.96. The molecule has 0 aromatic heterocycles. The van der Waals surface area contributed by atoms with Gasteiger partial charge in [0.05, 0.1) is 6.61 Å². The van der Waals surface area contributed by atoms with Crippen LogP contribution < -0.4 is 4.74 Å². The van der Waals surface area contributed by atoms with E-state index in [1.807, 2.05) is 31.4 Å². The Morgan fingerprint density at radius 1 is 1.40 bits per heavy atom. The SMILES string of the molecule is CCOc1cc(CC(C)=O)cc(SC)c1. The van der Waals surface area contributed by atoms with Crippen LogP contribution in [0.1, 0.15) is 19.4 Å². The molecule has 0 N–H and O–H groups in total. The molecule has 0 fully saturated rings. The van der Waals surface area contributed by atoms with E-state index in [4.69, 9.17) is 4.74 Å². The highest BCUT2D eigenvalue weighted by atomic mass is 32.2. The van der Waals surface area contributed by atoms with Crippen molar-refractivity contribution in [2.75, 3.05) is 12.9 Å². The number of thioether (sulfide) groups is 1. The molecule has 0 heterocycles. The Morgan fingerprint density at radius 2 is 2.13 bits per heavy atom. The molecule has 1 aromatic rings. The molecule has 0 unspecified atom stereocenters. The van der Waals surface area contributed by atoms with Crippen molar-refractivity contribution >= 4 is 17.5 Å². The van der Waals surface area contributed by atoms with E-state index in [0.717, 1.165) is 16.2 Å². The highest BCUT2D eigenvalue weighted by Gasteiger charge is 2.03. The van der Waals surface area contributed by atoms with Crippen molar-refractivity contribution in [2.24, 2.45) is 0 Å². The van der Waals surface area contributed by atoms with E-state index < -0.39 is 0 Å². The first kappa shape index (κ1) is 12.1. The van der Waals surface area contributed by atoms with Crippen LogP contribution in [0.25, 0.3) is 0 Å². The third-order valence-corrected chi connectivity index (χ3v) is 2.65. The van der Waals surface area contributed by atoms with Crippen LogP contribution in [-0.4, -0.2) is 18.6 Å². The Hall–Kier alpha value is -0.960. The molecule has 0 bridgehead atoms. The lowest BCUT2D eigenvalue weighted by molar-refractivity contribution is -0.116. The van der Waals surface area contributed by atoms with Crippen molar-refractivity contribution in [2.45, 2.75) is 25.2 Å². The summed E-state index contributed by atoms with van der Waals surface area (Å²) < 4.78 is 5.45. The lowest BCUT2D eigenvalue weighted by atomic mass is 10.1. The summed E-state index contributed by atoms with van der Waals surface area (Å²) in [7, 11) is 0. The van der Waals surface area contributed by atoms with Crippen LogP contribution in [0, 0.1) is 0 Å². The molecule has 2 nitrogen and oxygen atoms in total. The molecule has 0 aliphatic heterocycles. The van der Waals surface area contributed by atoms with E-state index in [2.05, 4.69) is 0 Å². The Kier molecular flexibility index (Phi) is 4.69. The van der Waals surface area contributed by atoms with Crippen molar-refractivity contribution in [3.05, 3.63) is 23.8 Å². The lowest BCUT2D eigenvalue weighted by Gasteiger charge is -2.08. The predicted octanol–water partition coefficient (Wildman–Crippen LogP) is 2.94. The molecule has 0 spiro atoms. The number of hydrogen-bond acceptors (Lipinski definition) is 3. The second-order valence-corrected chi connectivity index (χ2v) is 4.21. The largest absolute Gasteiger partial charge is 0.494 e. The highest BCUT2D eigenvalue weighted by Crippen LogP contribution is 2.24. The van der Waals surface area contributed by atoms with Gasteiger partial charge in [0.1, 0.15) is 11.5 Å². The first-order valence-corrected chi connectivity index (χ1v) is 6.18. The van der Waals surface area contributed by atoms with Gasteiger partial charge in [-0.25, -0.2) is 0 Å². The monoisotopic (exact) mass is 224 g/mol. The first-order valence-electron chi connectivity index (χ1n) is 4.96. The van der Waals surface area contributed by atoms with Crippen LogP contribution >= 0.6 is 11.8 Å². The Morgan fingerprint density at radius 3 is 2.67 bits per heavy atom. The van der Waals surface area contributed by atoms with E-state index >= 15 is 0 Å². The molecular formula is C12H16O2S. The maximum absolute atomic E-state index is 11.0. The van der Waals surface area contributed by atoms with Crippen LogP contribution in [-0.2, 0) is 11.2 Å². The summed E-state index contributed by atoms with van der Waals surface area (Å²) in [5, 5.41) is 0. The number of Topliss-reactive ketones (excluding diaryl/α,β-unsaturated/α-hetero) is 1. The average molecular weight is 224 g/mol. The number of benzene rings is 1. The van der Waals surface area contributed by atoms with E-state index in [-0.39, 0.29) is 5.78 Å². The van der Waals surface area contributed by atoms with E-state index in [1.165, 1.54) is 0 Å². The van der Waals surface area contributed by atoms with Gasteiger partial charge in [0.15, 0.2) is 0 Å². The van der Waals surface area contributed by atoms with Gasteiger partial charge in [0, 0.05) is 11.3 Å². The van der Waals surface area contributed by atoms with Gasteiger partial charge in [-0.2, -0.15) is 0 Å². The summed E-state index contributed by atoms with van der Waals surface area (Å²) in [6.45, 7) is 4.21. The maximum atomic E-state index is 11.0. The molecule has 1 aromatic carbocycles. The number of hydrogen-bond donors (Lipinski definition) is 0. The number of ether oxygens (including phenoxy) is 1. The van der Waals surface area contributed by atoms with Gasteiger partial charge in [0.25, 0.3) is 0 Å². The van der Waals surface area contributed by atoms with Crippen LogP contribution in [0.15, 0.2) is 23.1 Å². The van der Waals surface area contributed by atoms with Gasteiger partial charge in [-0.1, -0.05) is 0 Å². The zero-order valence-electron chi connectivity index (χ0n) is 9.37. The van der Waals surface area contributed by atoms with Crippen LogP contribution in [0.3, 0.4) is 0 Å². The molecule has 0 saturated heterocycles. The fourth-order valence-electron chi connectivity index (χ4n) is 1.39. The molecule has 0 aliphatic carbocycles. The molecule has 82 valence electrons. The molecule has 1 rings (SSSR count). The first-order chi connectivity index (χ1) is 7.15. The van der Waals surface area contributed by atoms with Crippen molar-refractivity contribution in [3.63, 3.8) is 0 Å². The zero-order valence-corrected chi connectivity index (χ0v) is 10.2. The quantitative estimate of drug-likeness (QED) is 0.719. The summed E-state index contributed by atoms with van der Waals surface area (Å²) in [5.41, 5.74) is 1.03. The second-order valence-electron chi connectivity index (χ2n) is 3.33. The second kappa shape index (κ2) is 5.81. The van der Waals surface area contributed by atoms with Crippen molar-refractivity contribution in [3.8, 4) is 5.75 Å². The van der Waals surface area contributed by atoms with Crippen LogP contribution in [0.5, 0.6) is 5.75 Å². The summed E-state index contributed by atoms with van der Waals surface area (Å²) in [6.07, 6.45) is 2.50. The fourth-order valence-corrected chi connectivity index (χ4v) is 1.89. The summed E-state index contributed by atoms with van der Waals surface area (Å²) in [5.74, 6) is 1.02. The lowest BCUT2D eigenvalue weighted by Crippen LogP contribution is -1.98. The minimum absolute atomic E-state index is 0.177. The van der Waals surface area contributed by atoms with Crippen LogP contribution in [0.2, 0.25) is 0 Å². The van der Waals surface area contributed by atoms with Crippen LogP contribution in [0.4, 0.5) is 0 Å². The average Bonchev–Trinajstić information content (AvgIpc) is 2.16. The van der Waals surface area contributed by atoms with Crippen molar-refractivity contribution < 1.29 is 9.53 Å². The summed E-state index contributed by atoms with van der Waals surface area (Å²) in [4.78, 5) is 12.2. The molecule has 0 amide bonds. The zero-order chi connectivity index (χ0) is 11.3. The standard InChI is InChI=1S/C12H16O2S/c1-4-14-11-6-10(5-9(2)13)7-12(8-11)15-3/h6-8H,4-5H2,1-3H3. The Balaban J connectivity index is 2.94. The molecule has 0 saturated carbocycles. The number of carbonyl (C=O) groups is 1. The number of carbonyl (C=O) groups excluding carboxylic acids is 1. The minimum Gasteiger partial charge on any atom is -0.494 e. The maximum Gasteiger partial charge on any atom is 0.134 e. The van der Waals surface area contributed by atoms with E-state index in [1.54, 1.807) is 18.7 Å². The van der Waals surface area contributed by atoms with Crippen molar-refractivity contribution in [1.82, 2.24) is 0 Å². The molecule has 0 radical (unpaired) electrons. The predicted molar refractivity (Wildman–Crippen MR) is 63.8 cm³/mol. The number of rotatable bonds is 5. The smallest absolute Gasteiger partial charge is 0.134 e. The molecule has 0 aliphatic rings. The third-order valence-electron chi connectivity index (χ3n) is 1.94. The number of ketones is 1. The summed E-state index contributed by atoms with van der Waals surface area (Å²) in [6, 6.07) is 5.97. The normalized spacial score (nSPS) is 10.1. The van der Waals surface area contributed by atoms with E-state index in [0.29, 0.717) is 13.0 Å². The topological polar surface area (TPSA) is 26.3 Å². The summed E-state index contributed by atoms with van der Waals surface area (Å²) >= 11 is 1.66. The fraction of sp³-hybridized carbons (Fsp3) is 0.417. The van der Waals surface area contributed by atoms with Gasteiger partial charge < -0.3 is 4.74 Å². The Bertz CT molecular complexity index is 347. The van der Waals surface area contributed by atoms with Gasteiger partial charge >= 0.3 is 0 Å². The van der Waals surface area contributed by atoms with Gasteiger partial charge in [0.2, 0.25) is 0 Å². The van der Waals surface area contributed by atoms with Gasteiger partial charge in [-0.15, -0.1) is 11.8 Å². The molecular weight excluding hydrogens is 208 g/mol. The minimum atomic E-state index is 0.177. The van der Waals surface area contributed by atoms with Gasteiger partial charge in [-0.05, 0) is 43.9 Å². The molecule has 3 heteroatoms. The highest BCUT2D eigenvalue weighted by molar-refractivity contribution is 7.98. The molecule has 15 heavy (non-hydrogen) atoms. The van der Waals surface area contributed by atoms with E-state index in [9.17, 15) is 4.79 Å². The Labute approximate surface area is 95.0 Å². The van der Waals surface area contributed by atoms with Gasteiger partial charge in [-0.3, -0.25) is 4.79 Å². The molecule has 0 atom stereocenters. The van der Waals surface area contributed by atoms with Crippen molar-refractivity contribution in [1.29, 1.82) is 0 Å².